The second-order valence-electron chi connectivity index (χ2n) is 9.19. The van der Waals surface area contributed by atoms with Crippen molar-refractivity contribution in [2.24, 2.45) is 0 Å². The first-order chi connectivity index (χ1) is 13.2. The van der Waals surface area contributed by atoms with Gasteiger partial charge in [0, 0.05) is 7.26 Å². The van der Waals surface area contributed by atoms with Crippen LogP contribution in [0.4, 0.5) is 0 Å². The molecule has 0 unspecified atom stereocenters. The topological polar surface area (TPSA) is 0 Å². The van der Waals surface area contributed by atoms with Crippen LogP contribution in [-0.4, -0.2) is 24.6 Å². The molecule has 0 amide bonds. The van der Waals surface area contributed by atoms with E-state index in [4.69, 9.17) is 0 Å². The van der Waals surface area contributed by atoms with Crippen LogP contribution < -0.4 is 0 Å². The van der Waals surface area contributed by atoms with Crippen LogP contribution in [0.1, 0.15) is 143 Å². The third-order valence-electron chi connectivity index (χ3n) is 6.44. The van der Waals surface area contributed by atoms with Crippen molar-refractivity contribution in [2.45, 2.75) is 143 Å². The largest absolute Gasteiger partial charge is 0.114 e. The summed E-state index contributed by atoms with van der Waals surface area (Å²) < 4.78 is 0. The summed E-state index contributed by atoms with van der Waals surface area (Å²) in [5.41, 5.74) is 0. The van der Waals surface area contributed by atoms with E-state index in [2.05, 4.69) is 27.7 Å². The minimum absolute atomic E-state index is 0. The highest BCUT2D eigenvalue weighted by Crippen LogP contribution is 2.61. The summed E-state index contributed by atoms with van der Waals surface area (Å²) in [6, 6.07) is 0. The van der Waals surface area contributed by atoms with E-state index in [-0.39, 0.29) is 17.0 Å². The zero-order chi connectivity index (χ0) is 20.1. The molecular weight excluding hydrogens is 423 g/mol. The van der Waals surface area contributed by atoms with Crippen LogP contribution in [-0.2, 0) is 0 Å². The van der Waals surface area contributed by atoms with Crippen molar-refractivity contribution in [3.8, 4) is 0 Å². The summed E-state index contributed by atoms with van der Waals surface area (Å²) in [6.07, 6.45) is 33.0. The normalized spacial score (nSPS) is 11.6. The summed E-state index contributed by atoms with van der Waals surface area (Å²) in [6.45, 7) is 9.47. The summed E-state index contributed by atoms with van der Waals surface area (Å²) in [4.78, 5) is 0. The van der Waals surface area contributed by atoms with E-state index in [1.807, 2.05) is 0 Å². The molecule has 0 heterocycles. The van der Waals surface area contributed by atoms with Crippen molar-refractivity contribution in [3.05, 3.63) is 0 Å². The van der Waals surface area contributed by atoms with Crippen molar-refractivity contribution in [2.75, 3.05) is 24.6 Å². The van der Waals surface area contributed by atoms with Gasteiger partial charge in [-0.3, -0.25) is 0 Å². The fourth-order valence-corrected chi connectivity index (χ4v) is 9.64. The van der Waals surface area contributed by atoms with Gasteiger partial charge in [-0.05, 0) is 32.1 Å². The van der Waals surface area contributed by atoms with E-state index in [1.165, 1.54) is 109 Å². The number of unbranched alkanes of at least 4 members (excludes halogenated alkanes) is 14. The van der Waals surface area contributed by atoms with Crippen LogP contribution in [0.15, 0.2) is 0 Å². The molecule has 0 radical (unpaired) electrons. The third-order valence-corrected chi connectivity index (χ3v) is 11.5. The molecule has 0 aliphatic heterocycles. The van der Waals surface area contributed by atoms with Gasteiger partial charge in [0.2, 0.25) is 0 Å². The highest BCUT2D eigenvalue weighted by Gasteiger charge is 2.34. The molecule has 0 bridgehead atoms. The maximum absolute atomic E-state index is 2.39. The van der Waals surface area contributed by atoms with Gasteiger partial charge in [0.15, 0.2) is 0 Å². The second-order valence-corrected chi connectivity index (χ2v) is 13.7. The standard InChI is InChI=1S/C26H56P.BrH/c1-5-9-13-14-15-16-17-18-19-20-21-22-26-27(23-10-6-2,24-11-7-3)25-12-8-4;/h5-26H2,1-4H3;1H/q+1;. The summed E-state index contributed by atoms with van der Waals surface area (Å²) in [7, 11) is -0.626. The molecule has 0 saturated heterocycles. The molecule has 0 aliphatic rings. The molecule has 0 fully saturated rings. The molecule has 172 valence electrons. The fourth-order valence-electron chi connectivity index (χ4n) is 4.44. The number of hydrogen-bond donors (Lipinski definition) is 0. The third kappa shape index (κ3) is 18.9. The van der Waals surface area contributed by atoms with Gasteiger partial charge in [0.25, 0.3) is 0 Å². The van der Waals surface area contributed by atoms with E-state index in [9.17, 15) is 0 Å². The number of hydrogen-bond acceptors (Lipinski definition) is 0. The monoisotopic (exact) mass is 479 g/mol. The van der Waals surface area contributed by atoms with E-state index < -0.39 is 7.26 Å². The molecular formula is C26H57BrP+. The van der Waals surface area contributed by atoms with Crippen molar-refractivity contribution in [1.29, 1.82) is 0 Å². The second kappa shape index (κ2) is 24.2. The van der Waals surface area contributed by atoms with Gasteiger partial charge in [-0.1, -0.05) is 111 Å². The first kappa shape index (κ1) is 31.1. The predicted molar refractivity (Wildman–Crippen MR) is 143 cm³/mol. The molecule has 0 saturated carbocycles. The quantitative estimate of drug-likeness (QED) is 0.107. The Labute approximate surface area is 191 Å². The molecule has 0 aromatic carbocycles. The molecule has 0 nitrogen and oxygen atoms in total. The first-order valence-electron chi connectivity index (χ1n) is 13.1. The highest BCUT2D eigenvalue weighted by molar-refractivity contribution is 8.93. The van der Waals surface area contributed by atoms with E-state index in [0.717, 1.165) is 0 Å². The van der Waals surface area contributed by atoms with E-state index in [0.29, 0.717) is 0 Å². The summed E-state index contributed by atoms with van der Waals surface area (Å²) in [5, 5.41) is 0. The zero-order valence-corrected chi connectivity index (χ0v) is 23.0. The molecule has 2 heteroatoms. The molecule has 0 N–H and O–H groups in total. The summed E-state index contributed by atoms with van der Waals surface area (Å²) in [5.74, 6) is 0. The van der Waals surface area contributed by atoms with Crippen LogP contribution in [0.5, 0.6) is 0 Å². The van der Waals surface area contributed by atoms with Gasteiger partial charge in [-0.15, -0.1) is 17.0 Å². The Hall–Kier alpha value is 0.910. The van der Waals surface area contributed by atoms with Crippen molar-refractivity contribution in [1.82, 2.24) is 0 Å². The Bertz CT molecular complexity index is 258. The van der Waals surface area contributed by atoms with Crippen LogP contribution in [0.3, 0.4) is 0 Å². The Kier molecular flexibility index (Phi) is 26.9. The van der Waals surface area contributed by atoms with Gasteiger partial charge < -0.3 is 0 Å². The first-order valence-corrected chi connectivity index (χ1v) is 15.6. The minimum atomic E-state index is -0.626. The molecule has 0 aliphatic carbocycles. The molecule has 28 heavy (non-hydrogen) atoms. The van der Waals surface area contributed by atoms with Gasteiger partial charge in [-0.2, -0.15) is 0 Å². The predicted octanol–water partition coefficient (Wildman–Crippen LogP) is 10.7. The van der Waals surface area contributed by atoms with Crippen LogP contribution >= 0.6 is 24.2 Å². The lowest BCUT2D eigenvalue weighted by atomic mass is 10.1. The molecule has 0 aromatic rings. The van der Waals surface area contributed by atoms with Crippen molar-refractivity contribution in [3.63, 3.8) is 0 Å². The molecule has 0 spiro atoms. The van der Waals surface area contributed by atoms with Gasteiger partial charge in [-0.25, -0.2) is 0 Å². The summed E-state index contributed by atoms with van der Waals surface area (Å²) >= 11 is 0. The van der Waals surface area contributed by atoms with Crippen LogP contribution in [0.2, 0.25) is 0 Å². The van der Waals surface area contributed by atoms with Gasteiger partial charge in [0.1, 0.15) is 0 Å². The highest BCUT2D eigenvalue weighted by atomic mass is 79.9. The lowest BCUT2D eigenvalue weighted by Gasteiger charge is -2.28. The average molecular weight is 481 g/mol. The molecule has 0 aromatic heterocycles. The zero-order valence-electron chi connectivity index (χ0n) is 20.4. The Morgan fingerprint density at radius 3 is 0.893 bits per heavy atom. The molecule has 0 atom stereocenters. The SMILES string of the molecule is Br.CCCCCCCCCCCCCC[P+](CCCC)(CCCC)CCCC. The lowest BCUT2D eigenvalue weighted by molar-refractivity contribution is 0.548. The van der Waals surface area contributed by atoms with Crippen molar-refractivity contribution < 1.29 is 0 Å². The maximum atomic E-state index is 2.39. The van der Waals surface area contributed by atoms with Gasteiger partial charge >= 0.3 is 0 Å². The minimum Gasteiger partial charge on any atom is -0.114 e. The molecule has 0 rings (SSSR count). The van der Waals surface area contributed by atoms with Gasteiger partial charge in [0.05, 0.1) is 24.6 Å². The van der Waals surface area contributed by atoms with Crippen LogP contribution in [0.25, 0.3) is 0 Å². The average Bonchev–Trinajstić information content (AvgIpc) is 2.69. The smallest absolute Gasteiger partial charge is 0.0594 e. The van der Waals surface area contributed by atoms with Crippen LogP contribution in [0, 0.1) is 0 Å². The Balaban J connectivity index is 0. The number of halogens is 1. The lowest BCUT2D eigenvalue weighted by Crippen LogP contribution is -2.13. The maximum Gasteiger partial charge on any atom is 0.0594 e. The Morgan fingerprint density at radius 1 is 0.321 bits per heavy atom. The number of rotatable bonds is 22. The van der Waals surface area contributed by atoms with E-state index >= 15 is 0 Å². The Morgan fingerprint density at radius 2 is 0.571 bits per heavy atom. The van der Waals surface area contributed by atoms with E-state index in [1.54, 1.807) is 31.1 Å². The fraction of sp³-hybridized carbons (Fsp3) is 1.00. The van der Waals surface area contributed by atoms with Crippen molar-refractivity contribution >= 4 is 24.2 Å².